The van der Waals surface area contributed by atoms with Gasteiger partial charge in [0, 0.05) is 51.2 Å². The SMILES string of the molecule is Cc1cc(NC2CCCN(c3nccc(N(C)C)n3)C2)ncn1. The van der Waals surface area contributed by atoms with E-state index in [1.165, 1.54) is 0 Å². The molecule has 1 saturated heterocycles. The Hall–Kier alpha value is -2.44. The Balaban J connectivity index is 1.69. The molecule has 1 atom stereocenters. The number of rotatable bonds is 4. The van der Waals surface area contributed by atoms with Crippen LogP contribution in [0.4, 0.5) is 17.6 Å². The summed E-state index contributed by atoms with van der Waals surface area (Å²) in [6.07, 6.45) is 5.65. The number of hydrogen-bond acceptors (Lipinski definition) is 7. The van der Waals surface area contributed by atoms with E-state index in [2.05, 4.69) is 30.2 Å². The Morgan fingerprint density at radius 1 is 1.26 bits per heavy atom. The monoisotopic (exact) mass is 313 g/mol. The smallest absolute Gasteiger partial charge is 0.227 e. The summed E-state index contributed by atoms with van der Waals surface area (Å²) in [4.78, 5) is 21.7. The zero-order valence-electron chi connectivity index (χ0n) is 13.9. The van der Waals surface area contributed by atoms with Crippen molar-refractivity contribution in [2.75, 3.05) is 42.3 Å². The minimum absolute atomic E-state index is 0.338. The Morgan fingerprint density at radius 2 is 2.13 bits per heavy atom. The van der Waals surface area contributed by atoms with Crippen molar-refractivity contribution in [3.05, 3.63) is 30.4 Å². The van der Waals surface area contributed by atoms with Gasteiger partial charge < -0.3 is 15.1 Å². The predicted octanol–water partition coefficient (Wildman–Crippen LogP) is 1.72. The number of anilines is 3. The highest BCUT2D eigenvalue weighted by Crippen LogP contribution is 2.20. The largest absolute Gasteiger partial charge is 0.365 e. The van der Waals surface area contributed by atoms with Crippen molar-refractivity contribution in [1.29, 1.82) is 0 Å². The molecule has 1 N–H and O–H groups in total. The number of nitrogens with zero attached hydrogens (tertiary/aromatic N) is 6. The lowest BCUT2D eigenvalue weighted by Crippen LogP contribution is -2.43. The van der Waals surface area contributed by atoms with E-state index < -0.39 is 0 Å². The second-order valence-corrected chi connectivity index (χ2v) is 6.08. The van der Waals surface area contributed by atoms with Gasteiger partial charge in [0.2, 0.25) is 5.95 Å². The maximum absolute atomic E-state index is 4.64. The van der Waals surface area contributed by atoms with Crippen molar-refractivity contribution < 1.29 is 0 Å². The molecule has 2 aromatic rings. The molecule has 1 aliphatic rings. The Morgan fingerprint density at radius 3 is 2.91 bits per heavy atom. The summed E-state index contributed by atoms with van der Waals surface area (Å²) in [5.74, 6) is 2.60. The van der Waals surface area contributed by atoms with Crippen LogP contribution in [-0.4, -0.2) is 53.2 Å². The van der Waals surface area contributed by atoms with Gasteiger partial charge in [-0.15, -0.1) is 0 Å². The average molecular weight is 313 g/mol. The first kappa shape index (κ1) is 15.5. The van der Waals surface area contributed by atoms with Crippen LogP contribution in [0.15, 0.2) is 24.7 Å². The third-order valence-electron chi connectivity index (χ3n) is 3.95. The maximum atomic E-state index is 4.64. The van der Waals surface area contributed by atoms with Crippen LogP contribution in [0.5, 0.6) is 0 Å². The van der Waals surface area contributed by atoms with Crippen LogP contribution < -0.4 is 15.1 Å². The highest BCUT2D eigenvalue weighted by atomic mass is 15.3. The highest BCUT2D eigenvalue weighted by Gasteiger charge is 2.22. The minimum atomic E-state index is 0.338. The molecule has 23 heavy (non-hydrogen) atoms. The van der Waals surface area contributed by atoms with Crippen LogP contribution in [0.25, 0.3) is 0 Å². The molecular weight excluding hydrogens is 290 g/mol. The van der Waals surface area contributed by atoms with Gasteiger partial charge in [0.05, 0.1) is 0 Å². The molecule has 0 amide bonds. The lowest BCUT2D eigenvalue weighted by atomic mass is 10.1. The molecule has 0 aromatic carbocycles. The molecule has 0 aliphatic carbocycles. The number of nitrogens with one attached hydrogen (secondary N) is 1. The van der Waals surface area contributed by atoms with Crippen molar-refractivity contribution >= 4 is 17.6 Å². The van der Waals surface area contributed by atoms with Crippen LogP contribution in [-0.2, 0) is 0 Å². The molecule has 0 saturated carbocycles. The number of piperidine rings is 1. The van der Waals surface area contributed by atoms with Gasteiger partial charge in [0.15, 0.2) is 0 Å². The average Bonchev–Trinajstić information content (AvgIpc) is 2.55. The van der Waals surface area contributed by atoms with Crippen molar-refractivity contribution in [2.24, 2.45) is 0 Å². The van der Waals surface area contributed by atoms with Crippen LogP contribution in [0.2, 0.25) is 0 Å². The van der Waals surface area contributed by atoms with Gasteiger partial charge in [-0.3, -0.25) is 0 Å². The van der Waals surface area contributed by atoms with Gasteiger partial charge in [0.1, 0.15) is 18.0 Å². The van der Waals surface area contributed by atoms with E-state index >= 15 is 0 Å². The van der Waals surface area contributed by atoms with Crippen molar-refractivity contribution in [2.45, 2.75) is 25.8 Å². The van der Waals surface area contributed by atoms with Crippen molar-refractivity contribution in [1.82, 2.24) is 19.9 Å². The van der Waals surface area contributed by atoms with Crippen LogP contribution in [0.1, 0.15) is 18.5 Å². The van der Waals surface area contributed by atoms with Crippen molar-refractivity contribution in [3.8, 4) is 0 Å². The predicted molar refractivity (Wildman–Crippen MR) is 92.0 cm³/mol. The highest BCUT2D eigenvalue weighted by molar-refractivity contribution is 5.44. The fraction of sp³-hybridized carbons (Fsp3) is 0.500. The summed E-state index contributed by atoms with van der Waals surface area (Å²) < 4.78 is 0. The fourth-order valence-corrected chi connectivity index (χ4v) is 2.76. The van der Waals surface area contributed by atoms with Crippen LogP contribution in [0, 0.1) is 6.92 Å². The van der Waals surface area contributed by atoms with Gasteiger partial charge in [0.25, 0.3) is 0 Å². The third kappa shape index (κ3) is 3.85. The first-order valence-electron chi connectivity index (χ1n) is 7.92. The summed E-state index contributed by atoms with van der Waals surface area (Å²) in [6.45, 7) is 3.83. The van der Waals surface area contributed by atoms with Crippen LogP contribution in [0.3, 0.4) is 0 Å². The van der Waals surface area contributed by atoms with E-state index in [0.717, 1.165) is 49.2 Å². The number of hydrogen-bond donors (Lipinski definition) is 1. The van der Waals surface area contributed by atoms with Gasteiger partial charge in [-0.1, -0.05) is 0 Å². The number of aryl methyl sites for hydroxylation is 1. The first-order valence-corrected chi connectivity index (χ1v) is 7.92. The van der Waals surface area contributed by atoms with Gasteiger partial charge in [-0.2, -0.15) is 4.98 Å². The fourth-order valence-electron chi connectivity index (χ4n) is 2.76. The maximum Gasteiger partial charge on any atom is 0.227 e. The van der Waals surface area contributed by atoms with Crippen LogP contribution >= 0.6 is 0 Å². The normalized spacial score (nSPS) is 17.9. The molecule has 2 aromatic heterocycles. The molecular formula is C16H23N7. The van der Waals surface area contributed by atoms with E-state index in [9.17, 15) is 0 Å². The lowest BCUT2D eigenvalue weighted by molar-refractivity contribution is 0.521. The molecule has 3 heterocycles. The first-order chi connectivity index (χ1) is 11.1. The van der Waals surface area contributed by atoms with Gasteiger partial charge in [-0.05, 0) is 25.8 Å². The molecule has 1 fully saturated rings. The molecule has 3 rings (SSSR count). The lowest BCUT2D eigenvalue weighted by Gasteiger charge is -2.33. The molecule has 0 radical (unpaired) electrons. The molecule has 0 spiro atoms. The quantitative estimate of drug-likeness (QED) is 0.921. The van der Waals surface area contributed by atoms with E-state index in [-0.39, 0.29) is 0 Å². The standard InChI is InChI=1S/C16H23N7/c1-12-9-14(19-11-18-12)20-13-5-4-8-23(10-13)16-17-7-6-15(21-16)22(2)3/h6-7,9,11,13H,4-5,8,10H2,1-3H3,(H,18,19,20). The Labute approximate surface area is 136 Å². The molecule has 0 bridgehead atoms. The second-order valence-electron chi connectivity index (χ2n) is 6.08. The minimum Gasteiger partial charge on any atom is -0.365 e. The van der Waals surface area contributed by atoms with Gasteiger partial charge >= 0.3 is 0 Å². The number of aromatic nitrogens is 4. The van der Waals surface area contributed by atoms with E-state index in [0.29, 0.717) is 6.04 Å². The summed E-state index contributed by atoms with van der Waals surface area (Å²) in [6, 6.07) is 4.24. The molecule has 7 nitrogen and oxygen atoms in total. The van der Waals surface area contributed by atoms with E-state index in [4.69, 9.17) is 0 Å². The summed E-state index contributed by atoms with van der Waals surface area (Å²) in [5, 5.41) is 3.50. The van der Waals surface area contributed by atoms with Gasteiger partial charge in [-0.25, -0.2) is 15.0 Å². The summed E-state index contributed by atoms with van der Waals surface area (Å²) in [5.41, 5.74) is 0.970. The summed E-state index contributed by atoms with van der Waals surface area (Å²) >= 11 is 0. The van der Waals surface area contributed by atoms with E-state index in [1.54, 1.807) is 6.33 Å². The topological polar surface area (TPSA) is 70.1 Å². The molecule has 7 heteroatoms. The van der Waals surface area contributed by atoms with E-state index in [1.807, 2.05) is 44.2 Å². The molecule has 1 unspecified atom stereocenters. The summed E-state index contributed by atoms with van der Waals surface area (Å²) in [7, 11) is 3.98. The van der Waals surface area contributed by atoms with Crippen molar-refractivity contribution in [3.63, 3.8) is 0 Å². The third-order valence-corrected chi connectivity index (χ3v) is 3.95. The zero-order chi connectivity index (χ0) is 16.2. The second kappa shape index (κ2) is 6.76. The Bertz CT molecular complexity index is 658. The Kier molecular flexibility index (Phi) is 4.55. The zero-order valence-corrected chi connectivity index (χ0v) is 13.9. The molecule has 122 valence electrons. The molecule has 1 aliphatic heterocycles.